The molecule has 0 radical (unpaired) electrons. The molecule has 1 aromatic carbocycles. The van der Waals surface area contributed by atoms with Gasteiger partial charge in [-0.1, -0.05) is 0 Å². The Balaban J connectivity index is 0.00000180. The molecule has 0 spiro atoms. The van der Waals surface area contributed by atoms with Crippen LogP contribution in [0, 0.1) is 18.7 Å². The van der Waals surface area contributed by atoms with E-state index in [1.165, 1.54) is 12.1 Å². The van der Waals surface area contributed by atoms with Crippen LogP contribution in [-0.2, 0) is 0 Å². The van der Waals surface area contributed by atoms with E-state index in [0.29, 0.717) is 24.6 Å². The second-order valence-electron chi connectivity index (χ2n) is 5.16. The van der Waals surface area contributed by atoms with E-state index in [1.54, 1.807) is 17.9 Å². The number of carbonyl (C=O) groups excluding carboxylic acids is 1. The van der Waals surface area contributed by atoms with Gasteiger partial charge >= 0.3 is 0 Å². The van der Waals surface area contributed by atoms with Crippen LogP contribution in [0.25, 0.3) is 0 Å². The number of likely N-dealkylation sites (tertiary alicyclic amines) is 1. The van der Waals surface area contributed by atoms with Crippen molar-refractivity contribution in [3.05, 3.63) is 35.1 Å². The lowest BCUT2D eigenvalue weighted by atomic mass is 10.1. The van der Waals surface area contributed by atoms with Crippen LogP contribution in [0.1, 0.15) is 29.3 Å². The first-order chi connectivity index (χ1) is 8.51. The molecule has 0 saturated carbocycles. The Labute approximate surface area is 119 Å². The van der Waals surface area contributed by atoms with Gasteiger partial charge in [0.25, 0.3) is 5.91 Å². The number of benzene rings is 1. The molecule has 1 fully saturated rings. The van der Waals surface area contributed by atoms with Crippen molar-refractivity contribution in [3.63, 3.8) is 0 Å². The minimum absolute atomic E-state index is 0. The fraction of sp³-hybridized carbons (Fsp3) is 0.500. The number of hydrogen-bond donors (Lipinski definition) is 1. The van der Waals surface area contributed by atoms with Gasteiger partial charge in [-0.25, -0.2) is 4.39 Å². The molecule has 1 amide bonds. The van der Waals surface area contributed by atoms with Crippen molar-refractivity contribution >= 4 is 18.3 Å². The first kappa shape index (κ1) is 15.9. The lowest BCUT2D eigenvalue weighted by Crippen LogP contribution is -2.34. The van der Waals surface area contributed by atoms with Gasteiger partial charge in [0.05, 0.1) is 0 Å². The van der Waals surface area contributed by atoms with Crippen molar-refractivity contribution in [2.75, 3.05) is 13.1 Å². The van der Waals surface area contributed by atoms with Gasteiger partial charge in [0, 0.05) is 18.2 Å². The van der Waals surface area contributed by atoms with E-state index in [1.807, 2.05) is 6.92 Å². The van der Waals surface area contributed by atoms with E-state index >= 15 is 0 Å². The fourth-order valence-corrected chi connectivity index (χ4v) is 2.62. The SMILES string of the molecule is Cc1cc(F)cc(C(=O)N2CC(CN)CC2C)c1.Cl. The summed E-state index contributed by atoms with van der Waals surface area (Å²) in [6.07, 6.45) is 0.927. The molecule has 0 aliphatic carbocycles. The first-order valence-electron chi connectivity index (χ1n) is 6.29. The maximum atomic E-state index is 13.3. The van der Waals surface area contributed by atoms with Gasteiger partial charge in [0.15, 0.2) is 0 Å². The Hall–Kier alpha value is -1.13. The number of aryl methyl sites for hydroxylation is 1. The largest absolute Gasteiger partial charge is 0.336 e. The topological polar surface area (TPSA) is 46.3 Å². The van der Waals surface area contributed by atoms with Gasteiger partial charge in [0.2, 0.25) is 0 Å². The molecule has 106 valence electrons. The number of nitrogens with two attached hydrogens (primary N) is 1. The summed E-state index contributed by atoms with van der Waals surface area (Å²) < 4.78 is 13.3. The smallest absolute Gasteiger partial charge is 0.254 e. The van der Waals surface area contributed by atoms with E-state index in [0.717, 1.165) is 12.0 Å². The number of hydrogen-bond acceptors (Lipinski definition) is 2. The lowest BCUT2D eigenvalue weighted by molar-refractivity contribution is 0.0743. The Morgan fingerprint density at radius 2 is 2.16 bits per heavy atom. The summed E-state index contributed by atoms with van der Waals surface area (Å²) in [5.74, 6) is -0.0970. The zero-order valence-corrected chi connectivity index (χ0v) is 12.0. The van der Waals surface area contributed by atoms with Crippen molar-refractivity contribution in [1.82, 2.24) is 4.90 Å². The second kappa shape index (κ2) is 6.35. The van der Waals surface area contributed by atoms with Gasteiger partial charge in [0.1, 0.15) is 5.82 Å². The third-order valence-corrected chi connectivity index (χ3v) is 3.54. The van der Waals surface area contributed by atoms with Gasteiger partial charge in [-0.3, -0.25) is 4.79 Å². The van der Waals surface area contributed by atoms with E-state index in [9.17, 15) is 9.18 Å². The molecule has 1 heterocycles. The highest BCUT2D eigenvalue weighted by atomic mass is 35.5. The Morgan fingerprint density at radius 3 is 2.68 bits per heavy atom. The number of nitrogens with zero attached hydrogens (tertiary/aromatic N) is 1. The van der Waals surface area contributed by atoms with Crippen LogP contribution in [0.15, 0.2) is 18.2 Å². The van der Waals surface area contributed by atoms with Crippen molar-refractivity contribution in [2.24, 2.45) is 11.7 Å². The summed E-state index contributed by atoms with van der Waals surface area (Å²) in [6.45, 7) is 5.07. The van der Waals surface area contributed by atoms with Crippen molar-refractivity contribution in [3.8, 4) is 0 Å². The summed E-state index contributed by atoms with van der Waals surface area (Å²) in [5, 5.41) is 0. The predicted octanol–water partition coefficient (Wildman–Crippen LogP) is 2.37. The monoisotopic (exact) mass is 286 g/mol. The maximum Gasteiger partial charge on any atom is 0.254 e. The molecule has 1 aliphatic heterocycles. The zero-order chi connectivity index (χ0) is 13.3. The molecule has 5 heteroatoms. The van der Waals surface area contributed by atoms with Crippen LogP contribution in [0.3, 0.4) is 0 Å². The van der Waals surface area contributed by atoms with Crippen molar-refractivity contribution < 1.29 is 9.18 Å². The summed E-state index contributed by atoms with van der Waals surface area (Å²) in [7, 11) is 0. The van der Waals surface area contributed by atoms with E-state index in [-0.39, 0.29) is 30.2 Å². The number of halogens is 2. The van der Waals surface area contributed by atoms with Crippen molar-refractivity contribution in [1.29, 1.82) is 0 Å². The zero-order valence-electron chi connectivity index (χ0n) is 11.2. The van der Waals surface area contributed by atoms with Crippen molar-refractivity contribution in [2.45, 2.75) is 26.3 Å². The molecule has 2 N–H and O–H groups in total. The first-order valence-corrected chi connectivity index (χ1v) is 6.29. The second-order valence-corrected chi connectivity index (χ2v) is 5.16. The molecule has 1 saturated heterocycles. The molecule has 0 bridgehead atoms. The average molecular weight is 287 g/mol. The predicted molar refractivity (Wildman–Crippen MR) is 76.0 cm³/mol. The average Bonchev–Trinajstić information content (AvgIpc) is 2.68. The third-order valence-electron chi connectivity index (χ3n) is 3.54. The van der Waals surface area contributed by atoms with E-state index in [2.05, 4.69) is 0 Å². The van der Waals surface area contributed by atoms with Crippen LogP contribution in [0.4, 0.5) is 4.39 Å². The van der Waals surface area contributed by atoms with Crippen LogP contribution in [0.2, 0.25) is 0 Å². The quantitative estimate of drug-likeness (QED) is 0.907. The van der Waals surface area contributed by atoms with Crippen LogP contribution in [-0.4, -0.2) is 29.9 Å². The molecule has 0 aromatic heterocycles. The van der Waals surface area contributed by atoms with Gasteiger partial charge in [-0.15, -0.1) is 12.4 Å². The molecule has 2 atom stereocenters. The van der Waals surface area contributed by atoms with Crippen LogP contribution >= 0.6 is 12.4 Å². The molecular formula is C14H20ClFN2O. The lowest BCUT2D eigenvalue weighted by Gasteiger charge is -2.21. The van der Waals surface area contributed by atoms with Gasteiger partial charge in [-0.05, 0) is 56.5 Å². The van der Waals surface area contributed by atoms with Crippen LogP contribution < -0.4 is 5.73 Å². The summed E-state index contributed by atoms with van der Waals surface area (Å²) in [4.78, 5) is 14.1. The molecule has 19 heavy (non-hydrogen) atoms. The Kier molecular flexibility index (Phi) is 5.32. The Bertz CT molecular complexity index is 447. The minimum Gasteiger partial charge on any atom is -0.336 e. The summed E-state index contributed by atoms with van der Waals surface area (Å²) >= 11 is 0. The molecule has 2 rings (SSSR count). The normalized spacial score (nSPS) is 22.2. The number of rotatable bonds is 2. The van der Waals surface area contributed by atoms with E-state index in [4.69, 9.17) is 5.73 Å². The number of carbonyl (C=O) groups is 1. The highest BCUT2D eigenvalue weighted by molar-refractivity contribution is 5.94. The number of amides is 1. The fourth-order valence-electron chi connectivity index (χ4n) is 2.62. The van der Waals surface area contributed by atoms with Gasteiger partial charge in [-0.2, -0.15) is 0 Å². The molecule has 3 nitrogen and oxygen atoms in total. The van der Waals surface area contributed by atoms with E-state index < -0.39 is 0 Å². The van der Waals surface area contributed by atoms with Crippen LogP contribution in [0.5, 0.6) is 0 Å². The van der Waals surface area contributed by atoms with Gasteiger partial charge < -0.3 is 10.6 Å². The molecule has 2 unspecified atom stereocenters. The summed E-state index contributed by atoms with van der Waals surface area (Å²) in [6, 6.07) is 4.63. The molecular weight excluding hydrogens is 267 g/mol. The maximum absolute atomic E-state index is 13.3. The highest BCUT2D eigenvalue weighted by Crippen LogP contribution is 2.24. The highest BCUT2D eigenvalue weighted by Gasteiger charge is 2.32. The molecule has 1 aromatic rings. The minimum atomic E-state index is -0.361. The third kappa shape index (κ3) is 3.45. The standard InChI is InChI=1S/C14H19FN2O.ClH/c1-9-3-12(6-13(15)4-9)14(18)17-8-11(7-16)5-10(17)2;/h3-4,6,10-11H,5,7-8,16H2,1-2H3;1H. The summed E-state index contributed by atoms with van der Waals surface area (Å²) in [5.41, 5.74) is 6.84. The Morgan fingerprint density at radius 1 is 1.47 bits per heavy atom. The molecule has 1 aliphatic rings.